The molecular formula is C43H25N5O. The largest absolute Gasteiger partial charge is 0.452 e. The lowest BCUT2D eigenvalue weighted by molar-refractivity contribution is 0.666. The highest BCUT2D eigenvalue weighted by atomic mass is 16.3. The van der Waals surface area contributed by atoms with E-state index < -0.39 is 0 Å². The van der Waals surface area contributed by atoms with E-state index in [1.165, 1.54) is 16.2 Å². The Morgan fingerprint density at radius 1 is 0.510 bits per heavy atom. The number of rotatable bonds is 3. The molecule has 0 bridgehead atoms. The minimum Gasteiger partial charge on any atom is -0.452 e. The monoisotopic (exact) mass is 627 g/mol. The van der Waals surface area contributed by atoms with Gasteiger partial charge in [0.25, 0.3) is 0 Å². The van der Waals surface area contributed by atoms with Crippen molar-refractivity contribution in [3.05, 3.63) is 152 Å². The second kappa shape index (κ2) is 9.86. The fourth-order valence-corrected chi connectivity index (χ4v) is 7.66. The smallest absolute Gasteiger partial charge is 0.236 e. The molecular weight excluding hydrogens is 603 g/mol. The highest BCUT2D eigenvalue weighted by Crippen LogP contribution is 2.42. The molecule has 11 aromatic rings. The number of para-hydroxylation sites is 3. The summed E-state index contributed by atoms with van der Waals surface area (Å²) in [4.78, 5) is 15.5. The zero-order valence-corrected chi connectivity index (χ0v) is 26.1. The molecule has 0 saturated heterocycles. The molecule has 5 aromatic heterocycles. The second-order valence-corrected chi connectivity index (χ2v) is 12.5. The van der Waals surface area contributed by atoms with E-state index in [0.29, 0.717) is 11.5 Å². The van der Waals surface area contributed by atoms with Gasteiger partial charge in [-0.15, -0.1) is 0 Å². The number of pyridine rings is 1. The highest BCUT2D eigenvalue weighted by molar-refractivity contribution is 6.26. The van der Waals surface area contributed by atoms with Crippen LogP contribution in [0.1, 0.15) is 0 Å². The van der Waals surface area contributed by atoms with Crippen LogP contribution in [-0.2, 0) is 0 Å². The molecule has 0 aliphatic rings. The SMILES string of the molecule is c1ccc(-n2c3ccccc3c3ccc4c(c5ccccc5n4-c4nc(-c5ccc6ccccc6c5)c5oc6ccccc6c5n4)c32)nc1. The summed E-state index contributed by atoms with van der Waals surface area (Å²) in [7, 11) is 0. The van der Waals surface area contributed by atoms with Crippen LogP contribution in [0.4, 0.5) is 0 Å². The first kappa shape index (κ1) is 26.3. The molecule has 0 atom stereocenters. The third-order valence-electron chi connectivity index (χ3n) is 9.78. The van der Waals surface area contributed by atoms with Gasteiger partial charge in [-0.25, -0.2) is 15.0 Å². The van der Waals surface area contributed by atoms with Crippen molar-refractivity contribution in [1.29, 1.82) is 0 Å². The zero-order valence-electron chi connectivity index (χ0n) is 26.1. The molecule has 6 nitrogen and oxygen atoms in total. The van der Waals surface area contributed by atoms with Gasteiger partial charge in [-0.3, -0.25) is 9.13 Å². The van der Waals surface area contributed by atoms with Gasteiger partial charge in [0.15, 0.2) is 5.58 Å². The predicted octanol–water partition coefficient (Wildman–Crippen LogP) is 10.8. The van der Waals surface area contributed by atoms with Gasteiger partial charge in [0.05, 0.1) is 22.1 Å². The minimum absolute atomic E-state index is 0.591. The van der Waals surface area contributed by atoms with Crippen molar-refractivity contribution in [2.24, 2.45) is 0 Å². The lowest BCUT2D eigenvalue weighted by Crippen LogP contribution is -2.03. The number of hydrogen-bond acceptors (Lipinski definition) is 4. The Labute approximate surface area is 279 Å². The van der Waals surface area contributed by atoms with Crippen molar-refractivity contribution in [1.82, 2.24) is 24.1 Å². The molecule has 0 amide bonds. The Balaban J connectivity index is 1.29. The molecule has 0 aliphatic heterocycles. The summed E-state index contributed by atoms with van der Waals surface area (Å²) in [6.45, 7) is 0. The van der Waals surface area contributed by atoms with E-state index in [1.807, 2.05) is 36.5 Å². The molecule has 0 N–H and O–H groups in total. The third kappa shape index (κ3) is 3.68. The fraction of sp³-hybridized carbons (Fsp3) is 0. The molecule has 228 valence electrons. The maximum atomic E-state index is 6.51. The van der Waals surface area contributed by atoms with Crippen molar-refractivity contribution >= 4 is 76.5 Å². The van der Waals surface area contributed by atoms with Gasteiger partial charge in [0.2, 0.25) is 5.95 Å². The van der Waals surface area contributed by atoms with Crippen molar-refractivity contribution in [2.45, 2.75) is 0 Å². The van der Waals surface area contributed by atoms with Crippen LogP contribution in [0.5, 0.6) is 0 Å². The van der Waals surface area contributed by atoms with E-state index in [4.69, 9.17) is 19.4 Å². The normalized spacial score (nSPS) is 12.1. The molecule has 0 radical (unpaired) electrons. The summed E-state index contributed by atoms with van der Waals surface area (Å²) in [5.41, 5.74) is 8.26. The molecule has 11 rings (SSSR count). The van der Waals surface area contributed by atoms with E-state index in [2.05, 4.69) is 124 Å². The lowest BCUT2D eigenvalue weighted by Gasteiger charge is -2.10. The van der Waals surface area contributed by atoms with Gasteiger partial charge in [0, 0.05) is 38.7 Å². The van der Waals surface area contributed by atoms with Gasteiger partial charge < -0.3 is 4.42 Å². The average molecular weight is 628 g/mol. The minimum atomic E-state index is 0.591. The first-order valence-electron chi connectivity index (χ1n) is 16.4. The van der Waals surface area contributed by atoms with Crippen molar-refractivity contribution in [3.63, 3.8) is 0 Å². The van der Waals surface area contributed by atoms with E-state index in [0.717, 1.165) is 71.8 Å². The lowest BCUT2D eigenvalue weighted by atomic mass is 10.0. The van der Waals surface area contributed by atoms with E-state index in [9.17, 15) is 0 Å². The van der Waals surface area contributed by atoms with Gasteiger partial charge >= 0.3 is 0 Å². The Kier molecular flexibility index (Phi) is 5.29. The Hall–Kier alpha value is -6.79. The van der Waals surface area contributed by atoms with E-state index in [-0.39, 0.29) is 0 Å². The molecule has 0 spiro atoms. The quantitative estimate of drug-likeness (QED) is 0.196. The highest BCUT2D eigenvalue weighted by Gasteiger charge is 2.24. The van der Waals surface area contributed by atoms with Crippen LogP contribution in [0.3, 0.4) is 0 Å². The predicted molar refractivity (Wildman–Crippen MR) is 199 cm³/mol. The van der Waals surface area contributed by atoms with E-state index in [1.54, 1.807) is 0 Å². The number of nitrogens with zero attached hydrogens (tertiary/aromatic N) is 5. The Morgan fingerprint density at radius 2 is 1.24 bits per heavy atom. The van der Waals surface area contributed by atoms with Gasteiger partial charge in [0.1, 0.15) is 22.6 Å². The number of furan rings is 1. The molecule has 6 aromatic carbocycles. The summed E-state index contributed by atoms with van der Waals surface area (Å²) >= 11 is 0. The molecule has 0 fully saturated rings. The topological polar surface area (TPSA) is 61.7 Å². The average Bonchev–Trinajstić information content (AvgIpc) is 3.82. The maximum absolute atomic E-state index is 6.51. The molecule has 0 unspecified atom stereocenters. The van der Waals surface area contributed by atoms with Crippen LogP contribution in [0.2, 0.25) is 0 Å². The number of aromatic nitrogens is 5. The maximum Gasteiger partial charge on any atom is 0.236 e. The van der Waals surface area contributed by atoms with Crippen LogP contribution in [-0.4, -0.2) is 24.1 Å². The summed E-state index contributed by atoms with van der Waals surface area (Å²) in [5.74, 6) is 1.47. The molecule has 5 heterocycles. The van der Waals surface area contributed by atoms with Crippen molar-refractivity contribution in [3.8, 4) is 23.0 Å². The Bertz CT molecular complexity index is 3110. The third-order valence-corrected chi connectivity index (χ3v) is 9.78. The van der Waals surface area contributed by atoms with Gasteiger partial charge in [-0.2, -0.15) is 0 Å². The number of hydrogen-bond donors (Lipinski definition) is 0. The second-order valence-electron chi connectivity index (χ2n) is 12.5. The first-order valence-corrected chi connectivity index (χ1v) is 16.4. The number of benzene rings is 6. The van der Waals surface area contributed by atoms with Crippen LogP contribution in [0, 0.1) is 0 Å². The molecule has 0 saturated carbocycles. The van der Waals surface area contributed by atoms with Crippen molar-refractivity contribution < 1.29 is 4.42 Å². The van der Waals surface area contributed by atoms with E-state index >= 15 is 0 Å². The summed E-state index contributed by atoms with van der Waals surface area (Å²) in [6, 6.07) is 50.6. The molecule has 6 heteroatoms. The molecule has 49 heavy (non-hydrogen) atoms. The van der Waals surface area contributed by atoms with Crippen LogP contribution in [0.25, 0.3) is 99.5 Å². The van der Waals surface area contributed by atoms with Gasteiger partial charge in [-0.1, -0.05) is 97.1 Å². The van der Waals surface area contributed by atoms with Crippen molar-refractivity contribution in [2.75, 3.05) is 0 Å². The fourth-order valence-electron chi connectivity index (χ4n) is 7.66. The van der Waals surface area contributed by atoms with Gasteiger partial charge in [-0.05, 0) is 59.3 Å². The van der Waals surface area contributed by atoms with Crippen LogP contribution >= 0.6 is 0 Å². The standard InChI is InChI=1S/C43H25N5O/c1-2-12-27-25-28(21-20-26(27)11-1)39-42-40(32-15-5-8-18-36(32)49-42)46-43(45-39)47-34-17-7-4-14-31(34)38-35(47)23-22-30-29-13-3-6-16-33(29)48(41(30)38)37-19-9-10-24-44-37/h1-25H. The Morgan fingerprint density at radius 3 is 2.10 bits per heavy atom. The zero-order chi connectivity index (χ0) is 32.1. The summed E-state index contributed by atoms with van der Waals surface area (Å²) in [5, 5.41) is 7.89. The number of fused-ring (bicyclic) bond motifs is 11. The van der Waals surface area contributed by atoms with Crippen LogP contribution in [0.15, 0.2) is 156 Å². The van der Waals surface area contributed by atoms with Crippen LogP contribution < -0.4 is 0 Å². The summed E-state index contributed by atoms with van der Waals surface area (Å²) < 4.78 is 11.0. The molecule has 0 aliphatic carbocycles. The first-order chi connectivity index (χ1) is 24.3. The summed E-state index contributed by atoms with van der Waals surface area (Å²) in [6.07, 6.45) is 1.85.